The van der Waals surface area contributed by atoms with E-state index in [1.54, 1.807) is 0 Å². The first-order valence-electron chi connectivity index (χ1n) is 9.35. The summed E-state index contributed by atoms with van der Waals surface area (Å²) in [5, 5.41) is 2.99. The molecule has 0 aromatic carbocycles. The molecular weight excluding hydrogens is 290 g/mol. The SMILES string of the molecule is C[C@H]1CCCC[C@H]1OCCNC(=O)N(C)CC1CCN(C)CC1. The van der Waals surface area contributed by atoms with E-state index in [2.05, 4.69) is 24.2 Å². The summed E-state index contributed by atoms with van der Waals surface area (Å²) in [7, 11) is 4.07. The molecule has 1 saturated carbocycles. The monoisotopic (exact) mass is 325 g/mol. The Balaban J connectivity index is 1.56. The molecule has 0 bridgehead atoms. The number of nitrogens with zero attached hydrogens (tertiary/aromatic N) is 2. The summed E-state index contributed by atoms with van der Waals surface area (Å²) in [6.07, 6.45) is 7.83. The molecule has 0 aromatic heterocycles. The highest BCUT2D eigenvalue weighted by atomic mass is 16.5. The average molecular weight is 325 g/mol. The fourth-order valence-corrected chi connectivity index (χ4v) is 3.75. The lowest BCUT2D eigenvalue weighted by Crippen LogP contribution is -2.43. The Kier molecular flexibility index (Phi) is 7.63. The van der Waals surface area contributed by atoms with Gasteiger partial charge >= 0.3 is 6.03 Å². The molecule has 134 valence electrons. The maximum absolute atomic E-state index is 12.1. The lowest BCUT2D eigenvalue weighted by atomic mass is 9.88. The van der Waals surface area contributed by atoms with Crippen LogP contribution in [0.5, 0.6) is 0 Å². The van der Waals surface area contributed by atoms with Gasteiger partial charge in [0.2, 0.25) is 0 Å². The molecule has 1 saturated heterocycles. The van der Waals surface area contributed by atoms with Gasteiger partial charge in [0.15, 0.2) is 0 Å². The number of carbonyl (C=O) groups is 1. The summed E-state index contributed by atoms with van der Waals surface area (Å²) in [5.41, 5.74) is 0. The first-order chi connectivity index (χ1) is 11.1. The van der Waals surface area contributed by atoms with Crippen molar-refractivity contribution in [2.24, 2.45) is 11.8 Å². The van der Waals surface area contributed by atoms with E-state index in [1.165, 1.54) is 38.5 Å². The molecule has 2 aliphatic rings. The van der Waals surface area contributed by atoms with Crippen molar-refractivity contribution in [3.05, 3.63) is 0 Å². The van der Waals surface area contributed by atoms with Crippen LogP contribution in [0.3, 0.4) is 0 Å². The molecule has 2 amide bonds. The summed E-state index contributed by atoms with van der Waals surface area (Å²) >= 11 is 0. The van der Waals surface area contributed by atoms with Crippen LogP contribution in [0.1, 0.15) is 45.4 Å². The van der Waals surface area contributed by atoms with Crippen molar-refractivity contribution in [1.29, 1.82) is 0 Å². The molecule has 2 fully saturated rings. The molecule has 23 heavy (non-hydrogen) atoms. The second-order valence-corrected chi connectivity index (χ2v) is 7.53. The van der Waals surface area contributed by atoms with Gasteiger partial charge in [-0.2, -0.15) is 0 Å². The number of hydrogen-bond acceptors (Lipinski definition) is 3. The summed E-state index contributed by atoms with van der Waals surface area (Å²) in [4.78, 5) is 16.3. The first-order valence-corrected chi connectivity index (χ1v) is 9.35. The number of hydrogen-bond donors (Lipinski definition) is 1. The minimum absolute atomic E-state index is 0.0317. The molecule has 1 N–H and O–H groups in total. The fourth-order valence-electron chi connectivity index (χ4n) is 3.75. The lowest BCUT2D eigenvalue weighted by molar-refractivity contribution is -0.00270. The summed E-state index contributed by atoms with van der Waals surface area (Å²) < 4.78 is 5.95. The van der Waals surface area contributed by atoms with Crippen LogP contribution in [0.25, 0.3) is 0 Å². The van der Waals surface area contributed by atoms with Crippen molar-refractivity contribution in [3.63, 3.8) is 0 Å². The van der Waals surface area contributed by atoms with Gasteiger partial charge in [-0.3, -0.25) is 0 Å². The van der Waals surface area contributed by atoms with Gasteiger partial charge < -0.3 is 19.9 Å². The Labute approximate surface area is 141 Å². The predicted octanol–water partition coefficient (Wildman–Crippen LogP) is 2.56. The molecule has 1 aliphatic carbocycles. The molecule has 0 spiro atoms. The van der Waals surface area contributed by atoms with Gasteiger partial charge in [-0.25, -0.2) is 4.79 Å². The van der Waals surface area contributed by atoms with Gasteiger partial charge in [0.1, 0.15) is 0 Å². The van der Waals surface area contributed by atoms with E-state index in [0.29, 0.717) is 31.1 Å². The van der Waals surface area contributed by atoms with Crippen molar-refractivity contribution < 1.29 is 9.53 Å². The topological polar surface area (TPSA) is 44.8 Å². The largest absolute Gasteiger partial charge is 0.376 e. The standard InChI is InChI=1S/C18H35N3O2/c1-15-6-4-5-7-17(15)23-13-10-19-18(22)21(3)14-16-8-11-20(2)12-9-16/h15-17H,4-14H2,1-3H3,(H,19,22)/t15-,17+/m0/s1. The predicted molar refractivity (Wildman–Crippen MR) is 93.6 cm³/mol. The molecule has 0 radical (unpaired) electrons. The zero-order valence-electron chi connectivity index (χ0n) is 15.2. The Bertz CT molecular complexity index is 356. The van der Waals surface area contributed by atoms with Crippen LogP contribution in [0.4, 0.5) is 4.79 Å². The van der Waals surface area contributed by atoms with Crippen LogP contribution in [-0.2, 0) is 4.74 Å². The Morgan fingerprint density at radius 1 is 1.22 bits per heavy atom. The van der Waals surface area contributed by atoms with E-state index in [0.717, 1.165) is 19.6 Å². The number of likely N-dealkylation sites (tertiary alicyclic amines) is 1. The van der Waals surface area contributed by atoms with E-state index < -0.39 is 0 Å². The lowest BCUT2D eigenvalue weighted by Gasteiger charge is -2.31. The van der Waals surface area contributed by atoms with Crippen molar-refractivity contribution in [2.45, 2.75) is 51.6 Å². The van der Waals surface area contributed by atoms with Crippen LogP contribution >= 0.6 is 0 Å². The molecule has 5 nitrogen and oxygen atoms in total. The first kappa shape index (κ1) is 18.5. The van der Waals surface area contributed by atoms with Crippen molar-refractivity contribution in [2.75, 3.05) is 46.9 Å². The minimum atomic E-state index is 0.0317. The van der Waals surface area contributed by atoms with Crippen LogP contribution < -0.4 is 5.32 Å². The normalized spacial score (nSPS) is 26.9. The van der Waals surface area contributed by atoms with Crippen LogP contribution in [0.2, 0.25) is 0 Å². The molecule has 0 aromatic rings. The molecule has 0 unspecified atom stereocenters. The number of urea groups is 1. The average Bonchev–Trinajstić information content (AvgIpc) is 2.55. The third-order valence-corrected chi connectivity index (χ3v) is 5.46. The number of carbonyl (C=O) groups excluding carboxylic acids is 1. The van der Waals surface area contributed by atoms with Crippen LogP contribution in [0.15, 0.2) is 0 Å². The number of rotatable bonds is 6. The number of piperidine rings is 1. The highest BCUT2D eigenvalue weighted by Gasteiger charge is 2.22. The number of amides is 2. The number of nitrogens with one attached hydrogen (secondary N) is 1. The summed E-state index contributed by atoms with van der Waals surface area (Å²) in [5.74, 6) is 1.30. The zero-order chi connectivity index (χ0) is 16.7. The van der Waals surface area contributed by atoms with Gasteiger partial charge in [-0.1, -0.05) is 19.8 Å². The Morgan fingerprint density at radius 2 is 1.91 bits per heavy atom. The highest BCUT2D eigenvalue weighted by Crippen LogP contribution is 2.26. The third-order valence-electron chi connectivity index (χ3n) is 5.46. The van der Waals surface area contributed by atoms with Crippen LogP contribution in [0, 0.1) is 11.8 Å². The summed E-state index contributed by atoms with van der Waals surface area (Å²) in [6, 6.07) is 0.0317. The highest BCUT2D eigenvalue weighted by molar-refractivity contribution is 5.73. The van der Waals surface area contributed by atoms with Gasteiger partial charge in [0.05, 0.1) is 12.7 Å². The molecule has 2 atom stereocenters. The van der Waals surface area contributed by atoms with E-state index in [4.69, 9.17) is 4.74 Å². The maximum atomic E-state index is 12.1. The molecule has 5 heteroatoms. The van der Waals surface area contributed by atoms with E-state index in [9.17, 15) is 4.79 Å². The van der Waals surface area contributed by atoms with Gasteiger partial charge in [0, 0.05) is 20.1 Å². The smallest absolute Gasteiger partial charge is 0.317 e. The quantitative estimate of drug-likeness (QED) is 0.764. The Hall–Kier alpha value is -0.810. The fraction of sp³-hybridized carbons (Fsp3) is 0.944. The van der Waals surface area contributed by atoms with Gasteiger partial charge in [-0.15, -0.1) is 0 Å². The van der Waals surface area contributed by atoms with Gasteiger partial charge in [-0.05, 0) is 57.7 Å². The van der Waals surface area contributed by atoms with Crippen molar-refractivity contribution in [3.8, 4) is 0 Å². The zero-order valence-corrected chi connectivity index (χ0v) is 15.2. The van der Waals surface area contributed by atoms with E-state index >= 15 is 0 Å². The molecule has 1 aliphatic heterocycles. The van der Waals surface area contributed by atoms with Crippen molar-refractivity contribution in [1.82, 2.24) is 15.1 Å². The molecule has 1 heterocycles. The maximum Gasteiger partial charge on any atom is 0.317 e. The van der Waals surface area contributed by atoms with E-state index in [1.807, 2.05) is 11.9 Å². The van der Waals surface area contributed by atoms with Gasteiger partial charge in [0.25, 0.3) is 0 Å². The Morgan fingerprint density at radius 3 is 2.61 bits per heavy atom. The second kappa shape index (κ2) is 9.48. The van der Waals surface area contributed by atoms with Crippen LogP contribution in [-0.4, -0.2) is 68.8 Å². The van der Waals surface area contributed by atoms with Crippen molar-refractivity contribution >= 4 is 6.03 Å². The number of ether oxygens (including phenoxy) is 1. The van der Waals surface area contributed by atoms with E-state index in [-0.39, 0.29) is 6.03 Å². The minimum Gasteiger partial charge on any atom is -0.376 e. The summed E-state index contributed by atoms with van der Waals surface area (Å²) in [6.45, 7) is 6.67. The third kappa shape index (κ3) is 6.30. The molecular formula is C18H35N3O2. The molecule has 2 rings (SSSR count). The second-order valence-electron chi connectivity index (χ2n) is 7.53.